The topological polar surface area (TPSA) is 69.6 Å². The maximum Gasteiger partial charge on any atom is 0.404 e. The van der Waals surface area contributed by atoms with E-state index < -0.39 is 6.09 Å². The van der Waals surface area contributed by atoms with E-state index in [1.165, 1.54) is 5.56 Å². The van der Waals surface area contributed by atoms with Crippen LogP contribution in [-0.2, 0) is 6.42 Å². The molecule has 0 bridgehead atoms. The number of carboxylic acid groups (broad SMARTS) is 1. The summed E-state index contributed by atoms with van der Waals surface area (Å²) < 4.78 is 0. The molecule has 1 aromatic rings. The molecule has 0 aromatic heterocycles. The van der Waals surface area contributed by atoms with E-state index in [-0.39, 0.29) is 12.6 Å². The number of aliphatic hydroxyl groups excluding tert-OH is 1. The number of nitrogens with one attached hydrogen (secondary N) is 1. The maximum absolute atomic E-state index is 11.0. The van der Waals surface area contributed by atoms with Crippen LogP contribution in [0.2, 0.25) is 0 Å². The Labute approximate surface area is 132 Å². The number of aryl methyl sites for hydroxylation is 1. The molecule has 122 valence electrons. The number of carbonyl (C=O) groups is 1. The number of hydrogen-bond acceptors (Lipinski definition) is 2. The lowest BCUT2D eigenvalue weighted by Crippen LogP contribution is -2.37. The number of benzene rings is 1. The summed E-state index contributed by atoms with van der Waals surface area (Å²) in [5.41, 5.74) is 1.33. The van der Waals surface area contributed by atoms with Crippen LogP contribution in [0.4, 0.5) is 4.79 Å². The summed E-state index contributed by atoms with van der Waals surface area (Å²) in [5.74, 6) is 1.37. The van der Waals surface area contributed by atoms with E-state index in [9.17, 15) is 4.79 Å². The molecule has 0 heterocycles. The van der Waals surface area contributed by atoms with Crippen molar-refractivity contribution in [2.45, 2.75) is 45.1 Å². The van der Waals surface area contributed by atoms with Gasteiger partial charge < -0.3 is 15.5 Å². The molecule has 3 unspecified atom stereocenters. The van der Waals surface area contributed by atoms with Crippen molar-refractivity contribution in [3.8, 4) is 0 Å². The van der Waals surface area contributed by atoms with Gasteiger partial charge in [0, 0.05) is 12.6 Å². The predicted octanol–water partition coefficient (Wildman–Crippen LogP) is 3.30. The molecule has 4 heteroatoms. The summed E-state index contributed by atoms with van der Waals surface area (Å²) in [6.45, 7) is 2.40. The van der Waals surface area contributed by atoms with Crippen LogP contribution in [0.3, 0.4) is 0 Å². The number of hydrogen-bond donors (Lipinski definition) is 3. The molecule has 2 rings (SSSR count). The first kappa shape index (κ1) is 16.8. The third kappa shape index (κ3) is 5.34. The third-order valence-electron chi connectivity index (χ3n) is 4.73. The van der Waals surface area contributed by atoms with Gasteiger partial charge >= 0.3 is 6.09 Å². The second kappa shape index (κ2) is 8.18. The zero-order valence-corrected chi connectivity index (χ0v) is 13.2. The standard InChI is InChI=1S/C18H27NO3/c1-13(7-8-14-5-3-2-4-6-14)11-17(19-18(21)22)16-12-15(16)9-10-20/h2-6,13,15-17,19-20H,7-12H2,1H3,(H,21,22)/t13?,15?,16?,17-/m0/s1. The lowest BCUT2D eigenvalue weighted by molar-refractivity contribution is 0.184. The molecule has 4 atom stereocenters. The second-order valence-electron chi connectivity index (χ2n) is 6.59. The molecule has 4 nitrogen and oxygen atoms in total. The Kier molecular flexibility index (Phi) is 6.25. The van der Waals surface area contributed by atoms with Crippen LogP contribution in [0, 0.1) is 17.8 Å². The van der Waals surface area contributed by atoms with E-state index >= 15 is 0 Å². The molecular weight excluding hydrogens is 278 g/mol. The smallest absolute Gasteiger partial charge is 0.404 e. The fourth-order valence-corrected chi connectivity index (χ4v) is 3.37. The SMILES string of the molecule is CC(CCc1ccccc1)C[C@H](NC(=O)O)C1CC1CCO. The van der Waals surface area contributed by atoms with E-state index in [1.54, 1.807) is 0 Å². The Morgan fingerprint density at radius 1 is 1.36 bits per heavy atom. The molecule has 1 fully saturated rings. The Balaban J connectivity index is 1.80. The van der Waals surface area contributed by atoms with Crippen LogP contribution >= 0.6 is 0 Å². The second-order valence-corrected chi connectivity index (χ2v) is 6.59. The molecule has 1 aromatic carbocycles. The van der Waals surface area contributed by atoms with Gasteiger partial charge in [-0.05, 0) is 55.4 Å². The highest BCUT2D eigenvalue weighted by molar-refractivity contribution is 5.65. The molecule has 3 N–H and O–H groups in total. The number of rotatable bonds is 9. The lowest BCUT2D eigenvalue weighted by atomic mass is 9.92. The number of aliphatic hydroxyl groups is 1. The van der Waals surface area contributed by atoms with Crippen LogP contribution in [-0.4, -0.2) is 29.0 Å². The normalized spacial score (nSPS) is 22.8. The summed E-state index contributed by atoms with van der Waals surface area (Å²) >= 11 is 0. The minimum absolute atomic E-state index is 0.0276. The Morgan fingerprint density at radius 3 is 2.73 bits per heavy atom. The maximum atomic E-state index is 11.0. The van der Waals surface area contributed by atoms with Crippen molar-refractivity contribution < 1.29 is 15.0 Å². The van der Waals surface area contributed by atoms with Crippen molar-refractivity contribution in [3.63, 3.8) is 0 Å². The van der Waals surface area contributed by atoms with E-state index in [2.05, 4.69) is 36.5 Å². The van der Waals surface area contributed by atoms with Gasteiger partial charge in [-0.25, -0.2) is 4.79 Å². The summed E-state index contributed by atoms with van der Waals surface area (Å²) in [6, 6.07) is 10.4. The third-order valence-corrected chi connectivity index (χ3v) is 4.73. The largest absolute Gasteiger partial charge is 0.465 e. The molecule has 1 amide bonds. The summed E-state index contributed by atoms with van der Waals surface area (Å²) in [6.07, 6.45) is 3.88. The molecule has 0 spiro atoms. The van der Waals surface area contributed by atoms with Crippen molar-refractivity contribution in [3.05, 3.63) is 35.9 Å². The highest BCUT2D eigenvalue weighted by Gasteiger charge is 2.43. The van der Waals surface area contributed by atoms with E-state index in [0.29, 0.717) is 17.8 Å². The van der Waals surface area contributed by atoms with Gasteiger partial charge in [-0.3, -0.25) is 0 Å². The zero-order chi connectivity index (χ0) is 15.9. The Hall–Kier alpha value is -1.55. The van der Waals surface area contributed by atoms with Gasteiger partial charge in [0.25, 0.3) is 0 Å². The van der Waals surface area contributed by atoms with Crippen molar-refractivity contribution in [1.82, 2.24) is 5.32 Å². The Morgan fingerprint density at radius 2 is 2.09 bits per heavy atom. The summed E-state index contributed by atoms with van der Waals surface area (Å²) in [7, 11) is 0. The first-order chi connectivity index (χ1) is 10.6. The molecule has 1 aliphatic carbocycles. The number of amides is 1. The minimum atomic E-state index is -0.935. The van der Waals surface area contributed by atoms with Gasteiger partial charge in [0.1, 0.15) is 0 Å². The van der Waals surface area contributed by atoms with Gasteiger partial charge in [-0.1, -0.05) is 37.3 Å². The van der Waals surface area contributed by atoms with Crippen LogP contribution in [0.15, 0.2) is 30.3 Å². The van der Waals surface area contributed by atoms with Crippen molar-refractivity contribution >= 4 is 6.09 Å². The first-order valence-electron chi connectivity index (χ1n) is 8.24. The lowest BCUT2D eigenvalue weighted by Gasteiger charge is -2.21. The molecule has 22 heavy (non-hydrogen) atoms. The molecule has 0 aliphatic heterocycles. The average molecular weight is 305 g/mol. The molecule has 1 aliphatic rings. The van der Waals surface area contributed by atoms with Gasteiger partial charge in [-0.2, -0.15) is 0 Å². The molecular formula is C18H27NO3. The summed E-state index contributed by atoms with van der Waals surface area (Å²) in [5, 5.41) is 20.7. The zero-order valence-electron chi connectivity index (χ0n) is 13.2. The predicted molar refractivity (Wildman–Crippen MR) is 86.8 cm³/mol. The molecule has 0 saturated heterocycles. The van der Waals surface area contributed by atoms with Crippen LogP contribution < -0.4 is 5.32 Å². The summed E-state index contributed by atoms with van der Waals surface area (Å²) in [4.78, 5) is 11.0. The quantitative estimate of drug-likeness (QED) is 0.655. The van der Waals surface area contributed by atoms with Gasteiger partial charge in [0.05, 0.1) is 0 Å². The van der Waals surface area contributed by atoms with Gasteiger partial charge in [0.15, 0.2) is 0 Å². The van der Waals surface area contributed by atoms with Gasteiger partial charge in [0.2, 0.25) is 0 Å². The van der Waals surface area contributed by atoms with Crippen LogP contribution in [0.5, 0.6) is 0 Å². The van der Waals surface area contributed by atoms with E-state index in [1.807, 2.05) is 6.07 Å². The van der Waals surface area contributed by atoms with E-state index in [4.69, 9.17) is 10.2 Å². The molecule has 0 radical (unpaired) electrons. The van der Waals surface area contributed by atoms with Crippen molar-refractivity contribution in [2.24, 2.45) is 17.8 Å². The van der Waals surface area contributed by atoms with Crippen LogP contribution in [0.1, 0.15) is 38.2 Å². The van der Waals surface area contributed by atoms with E-state index in [0.717, 1.165) is 32.1 Å². The minimum Gasteiger partial charge on any atom is -0.465 e. The van der Waals surface area contributed by atoms with Crippen molar-refractivity contribution in [1.29, 1.82) is 0 Å². The monoisotopic (exact) mass is 305 g/mol. The Bertz CT molecular complexity index is 463. The van der Waals surface area contributed by atoms with Crippen molar-refractivity contribution in [2.75, 3.05) is 6.61 Å². The molecule has 1 saturated carbocycles. The fourth-order valence-electron chi connectivity index (χ4n) is 3.37. The van der Waals surface area contributed by atoms with Gasteiger partial charge in [-0.15, -0.1) is 0 Å². The highest BCUT2D eigenvalue weighted by atomic mass is 16.4. The highest BCUT2D eigenvalue weighted by Crippen LogP contribution is 2.45. The first-order valence-corrected chi connectivity index (χ1v) is 8.24. The fraction of sp³-hybridized carbons (Fsp3) is 0.611. The van der Waals surface area contributed by atoms with Crippen LogP contribution in [0.25, 0.3) is 0 Å². The average Bonchev–Trinajstić information content (AvgIpc) is 3.25.